The lowest BCUT2D eigenvalue weighted by Gasteiger charge is -2.38. The van der Waals surface area contributed by atoms with Gasteiger partial charge in [0.15, 0.2) is 5.78 Å². The molecule has 1 heterocycles. The fourth-order valence-electron chi connectivity index (χ4n) is 2.49. The molecule has 2 atom stereocenters. The quantitative estimate of drug-likeness (QED) is 0.824. The summed E-state index contributed by atoms with van der Waals surface area (Å²) < 4.78 is 5.95. The number of nitrogens with one attached hydrogen (secondary N) is 1. The van der Waals surface area contributed by atoms with Crippen molar-refractivity contribution in [3.05, 3.63) is 40.9 Å². The number of hydrogen-bond acceptors (Lipinski definition) is 3. The van der Waals surface area contributed by atoms with Crippen LogP contribution in [0.3, 0.4) is 0 Å². The van der Waals surface area contributed by atoms with Crippen LogP contribution in [0.2, 0.25) is 5.02 Å². The third-order valence-corrected chi connectivity index (χ3v) is 3.90. The van der Waals surface area contributed by atoms with Crippen LogP contribution < -0.4 is 5.32 Å². The highest BCUT2D eigenvalue weighted by molar-refractivity contribution is 6.30. The van der Waals surface area contributed by atoms with Gasteiger partial charge in [-0.2, -0.15) is 0 Å². The average Bonchev–Trinajstić information content (AvgIpc) is 2.44. The smallest absolute Gasteiger partial charge is 0.155 e. The minimum atomic E-state index is -0.249. The van der Waals surface area contributed by atoms with Gasteiger partial charge in [-0.3, -0.25) is 4.79 Å². The number of ketones is 1. The summed E-state index contributed by atoms with van der Waals surface area (Å²) in [5, 5.41) is 4.04. The van der Waals surface area contributed by atoms with E-state index in [1.165, 1.54) is 0 Å². The van der Waals surface area contributed by atoms with Crippen molar-refractivity contribution in [1.82, 2.24) is 5.32 Å². The zero-order valence-corrected chi connectivity index (χ0v) is 14.5. The molecule has 0 aromatic heterocycles. The number of rotatable bonds is 5. The second-order valence-electron chi connectivity index (χ2n) is 5.86. The Hall–Kier alpha value is -0.870. The molecule has 0 radical (unpaired) electrons. The van der Waals surface area contributed by atoms with Crippen LogP contribution in [0.1, 0.15) is 32.3 Å². The van der Waals surface area contributed by atoms with Gasteiger partial charge in [0.2, 0.25) is 0 Å². The molecule has 0 bridgehead atoms. The van der Waals surface area contributed by atoms with Gasteiger partial charge in [-0.1, -0.05) is 29.8 Å². The van der Waals surface area contributed by atoms with Gasteiger partial charge >= 0.3 is 0 Å². The largest absolute Gasteiger partial charge is 0.370 e. The first kappa shape index (κ1) is 19.2. The number of benzene rings is 1. The Balaban J connectivity index is 0.00000242. The fourth-order valence-corrected chi connectivity index (χ4v) is 2.62. The van der Waals surface area contributed by atoms with Gasteiger partial charge in [0.1, 0.15) is 0 Å². The maximum atomic E-state index is 12.0. The van der Waals surface area contributed by atoms with Crippen LogP contribution in [0.15, 0.2) is 30.3 Å². The van der Waals surface area contributed by atoms with Crippen LogP contribution in [0.5, 0.6) is 0 Å². The highest BCUT2D eigenvalue weighted by Crippen LogP contribution is 2.22. The highest BCUT2D eigenvalue weighted by Gasteiger charge is 2.30. The summed E-state index contributed by atoms with van der Waals surface area (Å²) in [6, 6.07) is 7.41. The molecule has 1 aromatic carbocycles. The summed E-state index contributed by atoms with van der Waals surface area (Å²) in [7, 11) is 0. The van der Waals surface area contributed by atoms with Crippen molar-refractivity contribution in [2.24, 2.45) is 0 Å². The van der Waals surface area contributed by atoms with E-state index < -0.39 is 0 Å². The molecule has 0 spiro atoms. The Morgan fingerprint density at radius 3 is 2.77 bits per heavy atom. The molecule has 2 unspecified atom stereocenters. The summed E-state index contributed by atoms with van der Waals surface area (Å²) in [5.41, 5.74) is 0.727. The van der Waals surface area contributed by atoms with Gasteiger partial charge in [0, 0.05) is 24.5 Å². The van der Waals surface area contributed by atoms with Crippen LogP contribution in [0.4, 0.5) is 0 Å². The topological polar surface area (TPSA) is 38.3 Å². The van der Waals surface area contributed by atoms with Crippen molar-refractivity contribution in [2.45, 2.75) is 38.4 Å². The summed E-state index contributed by atoms with van der Waals surface area (Å²) in [6.07, 6.45) is 4.88. The lowest BCUT2D eigenvalue weighted by Crippen LogP contribution is -2.51. The first-order chi connectivity index (χ1) is 9.97. The molecule has 3 nitrogen and oxygen atoms in total. The number of morpholine rings is 1. The lowest BCUT2D eigenvalue weighted by atomic mass is 9.96. The molecule has 122 valence electrons. The van der Waals surface area contributed by atoms with Crippen LogP contribution in [0.25, 0.3) is 6.08 Å². The molecule has 1 aliphatic heterocycles. The Bertz CT molecular complexity index is 516. The van der Waals surface area contributed by atoms with Crippen molar-refractivity contribution >= 4 is 35.9 Å². The molecule has 0 amide bonds. The fraction of sp³-hybridized carbons (Fsp3) is 0.471. The van der Waals surface area contributed by atoms with Crippen molar-refractivity contribution < 1.29 is 9.53 Å². The molecular weight excluding hydrogens is 321 g/mol. The van der Waals surface area contributed by atoms with Crippen molar-refractivity contribution in [3.63, 3.8) is 0 Å². The Morgan fingerprint density at radius 1 is 1.45 bits per heavy atom. The molecule has 22 heavy (non-hydrogen) atoms. The summed E-state index contributed by atoms with van der Waals surface area (Å²) in [6.45, 7) is 5.78. The average molecular weight is 344 g/mol. The molecule has 0 saturated carbocycles. The number of ether oxygens (including phenoxy) is 1. The van der Waals surface area contributed by atoms with E-state index in [2.05, 4.69) is 12.2 Å². The Kier molecular flexibility index (Phi) is 7.57. The number of allylic oxidation sites excluding steroid dienone is 1. The van der Waals surface area contributed by atoms with Crippen LogP contribution in [0, 0.1) is 0 Å². The first-order valence-electron chi connectivity index (χ1n) is 7.32. The SMILES string of the molecule is CC1CNCC(C)(CCC(=O)C=Cc2ccc(Cl)cc2)O1.Cl. The first-order valence-corrected chi connectivity index (χ1v) is 7.70. The Labute approximate surface area is 143 Å². The number of hydrogen-bond donors (Lipinski definition) is 1. The standard InChI is InChI=1S/C17H22ClNO2.ClH/c1-13-11-19-12-17(2,21-13)10-9-16(20)8-5-14-3-6-15(18)7-4-14;/h3-8,13,19H,9-12H2,1-2H3;1H. The van der Waals surface area contributed by atoms with E-state index in [1.807, 2.05) is 37.3 Å². The van der Waals surface area contributed by atoms with Crippen LogP contribution >= 0.6 is 24.0 Å². The third-order valence-electron chi connectivity index (χ3n) is 3.65. The van der Waals surface area contributed by atoms with Crippen molar-refractivity contribution in [2.75, 3.05) is 13.1 Å². The second-order valence-corrected chi connectivity index (χ2v) is 6.30. The van der Waals surface area contributed by atoms with Gasteiger partial charge in [-0.15, -0.1) is 12.4 Å². The highest BCUT2D eigenvalue weighted by atomic mass is 35.5. The zero-order valence-electron chi connectivity index (χ0n) is 13.0. The van der Waals surface area contributed by atoms with E-state index in [9.17, 15) is 4.79 Å². The molecule has 0 aliphatic carbocycles. The molecular formula is C17H23Cl2NO2. The summed E-state index contributed by atoms with van der Waals surface area (Å²) in [4.78, 5) is 12.0. The van der Waals surface area contributed by atoms with E-state index in [0.717, 1.165) is 25.1 Å². The minimum absolute atomic E-state index is 0. The molecule has 2 rings (SSSR count). The van der Waals surface area contributed by atoms with Crippen LogP contribution in [-0.4, -0.2) is 30.6 Å². The van der Waals surface area contributed by atoms with E-state index in [4.69, 9.17) is 16.3 Å². The third kappa shape index (κ3) is 6.09. The van der Waals surface area contributed by atoms with Gasteiger partial charge in [-0.25, -0.2) is 0 Å². The van der Waals surface area contributed by atoms with Gasteiger partial charge < -0.3 is 10.1 Å². The molecule has 1 fully saturated rings. The normalized spacial score (nSPS) is 25.0. The number of carbonyl (C=O) groups excluding carboxylic acids is 1. The summed E-state index contributed by atoms with van der Waals surface area (Å²) >= 11 is 5.83. The van der Waals surface area contributed by atoms with E-state index in [0.29, 0.717) is 11.4 Å². The maximum Gasteiger partial charge on any atom is 0.155 e. The Morgan fingerprint density at radius 2 is 2.14 bits per heavy atom. The molecule has 1 N–H and O–H groups in total. The van der Waals surface area contributed by atoms with E-state index >= 15 is 0 Å². The molecule has 1 aromatic rings. The predicted molar refractivity (Wildman–Crippen MR) is 93.8 cm³/mol. The number of carbonyl (C=O) groups is 1. The van der Waals surface area contributed by atoms with Gasteiger partial charge in [-0.05, 0) is 44.0 Å². The van der Waals surface area contributed by atoms with Gasteiger partial charge in [0.05, 0.1) is 11.7 Å². The monoisotopic (exact) mass is 343 g/mol. The van der Waals surface area contributed by atoms with E-state index in [-0.39, 0.29) is 29.9 Å². The predicted octanol–water partition coefficient (Wildman–Crippen LogP) is 3.89. The van der Waals surface area contributed by atoms with Crippen molar-refractivity contribution in [3.8, 4) is 0 Å². The molecule has 5 heteroatoms. The lowest BCUT2D eigenvalue weighted by molar-refractivity contribution is -0.121. The number of halogens is 2. The van der Waals surface area contributed by atoms with E-state index in [1.54, 1.807) is 6.08 Å². The van der Waals surface area contributed by atoms with Crippen molar-refractivity contribution in [1.29, 1.82) is 0 Å². The maximum absolute atomic E-state index is 12.0. The summed E-state index contributed by atoms with van der Waals surface area (Å²) in [5.74, 6) is 0.119. The minimum Gasteiger partial charge on any atom is -0.370 e. The zero-order chi connectivity index (χ0) is 15.3. The van der Waals surface area contributed by atoms with Gasteiger partial charge in [0.25, 0.3) is 0 Å². The molecule has 1 aliphatic rings. The van der Waals surface area contributed by atoms with Crippen LogP contribution in [-0.2, 0) is 9.53 Å². The molecule has 1 saturated heterocycles. The second kappa shape index (κ2) is 8.68.